The van der Waals surface area contributed by atoms with E-state index in [0.29, 0.717) is 11.5 Å². The number of hydrogen-bond donors (Lipinski definition) is 0. The van der Waals surface area contributed by atoms with Crippen LogP contribution in [0, 0.1) is 10.1 Å². The number of aliphatic imine (C=N–C) groups is 1. The molecule has 2 heterocycles. The summed E-state index contributed by atoms with van der Waals surface area (Å²) in [5.41, 5.74) is 1.78. The third kappa shape index (κ3) is 4.22. The van der Waals surface area contributed by atoms with E-state index in [9.17, 15) is 14.9 Å². The van der Waals surface area contributed by atoms with Crippen LogP contribution in [0.2, 0.25) is 0 Å². The molecule has 2 aromatic carbocycles. The number of non-ortho nitro benzene ring substituents is 1. The molecule has 3 aromatic rings. The highest BCUT2D eigenvalue weighted by Gasteiger charge is 2.25. The lowest BCUT2D eigenvalue weighted by Gasteiger charge is -2.06. The van der Waals surface area contributed by atoms with E-state index >= 15 is 0 Å². The maximum Gasteiger partial charge on any atom is 0.363 e. The molecule has 4 rings (SSSR count). The van der Waals surface area contributed by atoms with Crippen molar-refractivity contribution in [3.8, 4) is 5.75 Å². The molecule has 0 spiro atoms. The van der Waals surface area contributed by atoms with Gasteiger partial charge < -0.3 is 13.9 Å². The Balaban J connectivity index is 1.41. The fourth-order valence-corrected chi connectivity index (χ4v) is 2.61. The summed E-state index contributed by atoms with van der Waals surface area (Å²) in [6.45, 7) is 0.279. The number of esters is 1. The summed E-state index contributed by atoms with van der Waals surface area (Å²) in [6, 6.07) is 16.6. The minimum atomic E-state index is -0.546. The molecule has 1 aliphatic heterocycles. The Morgan fingerprint density at radius 1 is 1.07 bits per heavy atom. The van der Waals surface area contributed by atoms with Gasteiger partial charge in [0.05, 0.1) is 11.2 Å². The molecular formula is C21H14N2O6. The van der Waals surface area contributed by atoms with Gasteiger partial charge in [-0.1, -0.05) is 12.1 Å². The van der Waals surface area contributed by atoms with E-state index in [2.05, 4.69) is 4.99 Å². The second kappa shape index (κ2) is 7.81. The van der Waals surface area contributed by atoms with Crippen molar-refractivity contribution in [1.29, 1.82) is 0 Å². The van der Waals surface area contributed by atoms with Crippen molar-refractivity contribution < 1.29 is 23.6 Å². The molecule has 0 atom stereocenters. The zero-order chi connectivity index (χ0) is 20.2. The fourth-order valence-electron chi connectivity index (χ4n) is 2.61. The lowest BCUT2D eigenvalue weighted by atomic mass is 10.2. The number of nitro benzene ring substituents is 1. The normalized spacial score (nSPS) is 14.6. The standard InChI is InChI=1S/C21H14N2O6/c24-21-18(22-20(29-21)19-2-1-11-27-19)12-14-5-9-17(10-6-14)28-13-15-3-7-16(8-4-15)23(25)26/h1-12H,13H2/b18-12-. The molecular weight excluding hydrogens is 376 g/mol. The van der Waals surface area contributed by atoms with Crippen molar-refractivity contribution >= 4 is 23.6 Å². The number of furan rings is 1. The molecule has 144 valence electrons. The smallest absolute Gasteiger partial charge is 0.363 e. The van der Waals surface area contributed by atoms with Gasteiger partial charge in [0.15, 0.2) is 11.5 Å². The molecule has 0 saturated carbocycles. The molecule has 1 aliphatic rings. The van der Waals surface area contributed by atoms with Gasteiger partial charge in [-0.25, -0.2) is 9.79 Å². The summed E-state index contributed by atoms with van der Waals surface area (Å²) in [6.07, 6.45) is 3.08. The van der Waals surface area contributed by atoms with E-state index in [1.54, 1.807) is 54.6 Å². The number of ether oxygens (including phenoxy) is 2. The molecule has 0 fully saturated rings. The lowest BCUT2D eigenvalue weighted by molar-refractivity contribution is -0.384. The largest absolute Gasteiger partial charge is 0.489 e. The summed E-state index contributed by atoms with van der Waals surface area (Å²) in [7, 11) is 0. The van der Waals surface area contributed by atoms with E-state index in [1.165, 1.54) is 18.4 Å². The van der Waals surface area contributed by atoms with Gasteiger partial charge in [0.1, 0.15) is 12.4 Å². The number of cyclic esters (lactones) is 1. The van der Waals surface area contributed by atoms with Crippen molar-refractivity contribution in [3.05, 3.63) is 99.6 Å². The van der Waals surface area contributed by atoms with Gasteiger partial charge in [-0.2, -0.15) is 0 Å². The number of rotatable bonds is 6. The molecule has 1 aromatic heterocycles. The van der Waals surface area contributed by atoms with Gasteiger partial charge in [0.2, 0.25) is 0 Å². The van der Waals surface area contributed by atoms with E-state index in [-0.39, 0.29) is 23.9 Å². The van der Waals surface area contributed by atoms with Crippen molar-refractivity contribution in [3.63, 3.8) is 0 Å². The first kappa shape index (κ1) is 18.2. The molecule has 29 heavy (non-hydrogen) atoms. The predicted octanol–water partition coefficient (Wildman–Crippen LogP) is 4.11. The number of hydrogen-bond acceptors (Lipinski definition) is 7. The molecule has 0 aliphatic carbocycles. The maximum atomic E-state index is 12.0. The number of carbonyl (C=O) groups excluding carboxylic acids is 1. The number of nitrogens with zero attached hydrogens (tertiary/aromatic N) is 2. The van der Waals surface area contributed by atoms with Gasteiger partial charge >= 0.3 is 5.97 Å². The Morgan fingerprint density at radius 2 is 1.83 bits per heavy atom. The summed E-state index contributed by atoms with van der Waals surface area (Å²) in [5, 5.41) is 10.7. The number of carbonyl (C=O) groups is 1. The maximum absolute atomic E-state index is 12.0. The third-order valence-electron chi connectivity index (χ3n) is 4.09. The molecule has 0 N–H and O–H groups in total. The van der Waals surface area contributed by atoms with Gasteiger partial charge in [0, 0.05) is 12.1 Å². The predicted molar refractivity (Wildman–Crippen MR) is 103 cm³/mol. The third-order valence-corrected chi connectivity index (χ3v) is 4.09. The summed E-state index contributed by atoms with van der Waals surface area (Å²) in [4.78, 5) is 26.3. The van der Waals surface area contributed by atoms with Crippen LogP contribution in [0.5, 0.6) is 5.75 Å². The van der Waals surface area contributed by atoms with Crippen molar-refractivity contribution in [2.75, 3.05) is 0 Å². The van der Waals surface area contributed by atoms with Crippen LogP contribution in [0.25, 0.3) is 6.08 Å². The highest BCUT2D eigenvalue weighted by atomic mass is 16.6. The van der Waals surface area contributed by atoms with Crippen LogP contribution in [0.3, 0.4) is 0 Å². The van der Waals surface area contributed by atoms with Crippen molar-refractivity contribution in [2.24, 2.45) is 4.99 Å². The van der Waals surface area contributed by atoms with Crippen molar-refractivity contribution in [1.82, 2.24) is 0 Å². The molecule has 0 saturated heterocycles. The SMILES string of the molecule is O=C1OC(c2ccco2)=N/C1=C\c1ccc(OCc2ccc([N+](=O)[O-])cc2)cc1. The van der Waals surface area contributed by atoms with Crippen LogP contribution in [0.1, 0.15) is 16.9 Å². The average molecular weight is 390 g/mol. The van der Waals surface area contributed by atoms with Crippen molar-refractivity contribution in [2.45, 2.75) is 6.61 Å². The van der Waals surface area contributed by atoms with Crippen LogP contribution >= 0.6 is 0 Å². The minimum Gasteiger partial charge on any atom is -0.489 e. The number of nitro groups is 1. The first-order valence-electron chi connectivity index (χ1n) is 8.61. The highest BCUT2D eigenvalue weighted by molar-refractivity contribution is 6.11. The van der Waals surface area contributed by atoms with Crippen LogP contribution in [-0.4, -0.2) is 16.8 Å². The van der Waals surface area contributed by atoms with Crippen LogP contribution in [-0.2, 0) is 16.1 Å². The molecule has 8 nitrogen and oxygen atoms in total. The second-order valence-electron chi connectivity index (χ2n) is 6.09. The Morgan fingerprint density at radius 3 is 2.48 bits per heavy atom. The van der Waals surface area contributed by atoms with Gasteiger partial charge in [-0.3, -0.25) is 10.1 Å². The summed E-state index contributed by atoms with van der Waals surface area (Å²) < 4.78 is 16.0. The van der Waals surface area contributed by atoms with Crippen LogP contribution in [0.15, 0.2) is 82.0 Å². The summed E-state index contributed by atoms with van der Waals surface area (Å²) in [5.74, 6) is 0.597. The zero-order valence-corrected chi connectivity index (χ0v) is 15.0. The lowest BCUT2D eigenvalue weighted by Crippen LogP contribution is -2.04. The topological polar surface area (TPSA) is 104 Å². The van der Waals surface area contributed by atoms with E-state index in [4.69, 9.17) is 13.9 Å². The minimum absolute atomic E-state index is 0.0365. The Kier molecular flexibility index (Phi) is 4.90. The Bertz CT molecular complexity index is 1100. The highest BCUT2D eigenvalue weighted by Crippen LogP contribution is 2.21. The quantitative estimate of drug-likeness (QED) is 0.271. The summed E-state index contributed by atoms with van der Waals surface area (Å²) >= 11 is 0. The van der Waals surface area contributed by atoms with Crippen LogP contribution in [0.4, 0.5) is 5.69 Å². The molecule has 8 heteroatoms. The fraction of sp³-hybridized carbons (Fsp3) is 0.0476. The van der Waals surface area contributed by atoms with Gasteiger partial charge in [0.25, 0.3) is 11.6 Å². The first-order valence-corrected chi connectivity index (χ1v) is 8.61. The molecule has 0 unspecified atom stereocenters. The van der Waals surface area contributed by atoms with E-state index in [1.807, 2.05) is 0 Å². The Labute approximate surface area is 164 Å². The van der Waals surface area contributed by atoms with Crippen LogP contribution < -0.4 is 4.74 Å². The second-order valence-corrected chi connectivity index (χ2v) is 6.09. The van der Waals surface area contributed by atoms with E-state index < -0.39 is 10.9 Å². The number of benzene rings is 2. The average Bonchev–Trinajstić information content (AvgIpc) is 3.38. The zero-order valence-electron chi connectivity index (χ0n) is 15.0. The molecule has 0 amide bonds. The van der Waals surface area contributed by atoms with Gasteiger partial charge in [-0.05, 0) is 53.6 Å². The molecule has 0 bridgehead atoms. The Hall–Kier alpha value is -4.20. The van der Waals surface area contributed by atoms with Gasteiger partial charge in [-0.15, -0.1) is 0 Å². The molecule has 0 radical (unpaired) electrons. The van der Waals surface area contributed by atoms with E-state index in [0.717, 1.165) is 11.1 Å². The first-order chi connectivity index (χ1) is 14.1. The monoisotopic (exact) mass is 390 g/mol.